The predicted molar refractivity (Wildman–Crippen MR) is 118 cm³/mol. The van der Waals surface area contributed by atoms with Gasteiger partial charge in [-0.2, -0.15) is 0 Å². The first-order chi connectivity index (χ1) is 14.5. The minimum Gasteiger partial charge on any atom is -0.404 e. The van der Waals surface area contributed by atoms with Crippen molar-refractivity contribution in [3.63, 3.8) is 0 Å². The maximum Gasteiger partial charge on any atom is 0.252 e. The minimum absolute atomic E-state index is 0.144. The molecular weight excluding hydrogens is 379 g/mol. The highest BCUT2D eigenvalue weighted by molar-refractivity contribution is 6.09. The zero-order chi connectivity index (χ0) is 21.1. The highest BCUT2D eigenvalue weighted by Gasteiger charge is 2.46. The fourth-order valence-electron chi connectivity index (χ4n) is 3.64. The molecule has 2 fully saturated rings. The fraction of sp³-hybridized carbons (Fsp3) is 0.333. The van der Waals surface area contributed by atoms with Gasteiger partial charge in [0.15, 0.2) is 0 Å². The van der Waals surface area contributed by atoms with Crippen LogP contribution in [0.2, 0.25) is 0 Å². The van der Waals surface area contributed by atoms with Gasteiger partial charge in [-0.3, -0.25) is 9.79 Å². The van der Waals surface area contributed by atoms with Crippen molar-refractivity contribution >= 4 is 17.7 Å². The largest absolute Gasteiger partial charge is 0.404 e. The van der Waals surface area contributed by atoms with Crippen LogP contribution in [0.4, 0.5) is 4.39 Å². The summed E-state index contributed by atoms with van der Waals surface area (Å²) in [4.78, 5) is 17.5. The van der Waals surface area contributed by atoms with Crippen molar-refractivity contribution in [1.82, 2.24) is 10.6 Å². The Morgan fingerprint density at radius 1 is 1.27 bits per heavy atom. The molecule has 0 saturated heterocycles. The van der Waals surface area contributed by atoms with Crippen molar-refractivity contribution < 1.29 is 9.18 Å². The number of nitrogens with zero attached hydrogens (tertiary/aromatic N) is 1. The second kappa shape index (κ2) is 8.40. The molecule has 2 aromatic rings. The maximum atomic E-state index is 14.5. The number of rotatable bonds is 8. The van der Waals surface area contributed by atoms with Crippen molar-refractivity contribution in [2.75, 3.05) is 7.05 Å². The standard InChI is InChI=1S/C24H27FN4O/c1-27-14-16-4-2-3-5-22(16)23(30)29-24(8-9-24)19-10-17(11-20(25)12-19)18(13-26)15-28-21-6-7-21/h2-5,10-13,15,21,27H,6-9,14,26H2,1H3,(H,29,30)/b18-13+,28-15?. The summed E-state index contributed by atoms with van der Waals surface area (Å²) >= 11 is 0. The van der Waals surface area contributed by atoms with Crippen molar-refractivity contribution in [2.24, 2.45) is 10.7 Å². The number of benzene rings is 2. The van der Waals surface area contributed by atoms with E-state index in [-0.39, 0.29) is 11.7 Å². The minimum atomic E-state index is -0.548. The molecule has 2 aliphatic carbocycles. The lowest BCUT2D eigenvalue weighted by molar-refractivity contribution is 0.0929. The Hall–Kier alpha value is -2.99. The predicted octanol–water partition coefficient (Wildman–Crippen LogP) is 3.50. The van der Waals surface area contributed by atoms with Gasteiger partial charge in [-0.05, 0) is 73.7 Å². The van der Waals surface area contributed by atoms with E-state index in [0.717, 1.165) is 36.8 Å². The first-order valence-electron chi connectivity index (χ1n) is 10.4. The van der Waals surface area contributed by atoms with E-state index >= 15 is 0 Å². The molecule has 2 aliphatic rings. The molecule has 0 aromatic heterocycles. The summed E-state index contributed by atoms with van der Waals surface area (Å²) in [6, 6.07) is 12.8. The average molecular weight is 407 g/mol. The van der Waals surface area contributed by atoms with Crippen molar-refractivity contribution in [1.29, 1.82) is 0 Å². The van der Waals surface area contributed by atoms with E-state index in [4.69, 9.17) is 5.73 Å². The zero-order valence-electron chi connectivity index (χ0n) is 17.1. The Kier molecular flexibility index (Phi) is 5.68. The van der Waals surface area contributed by atoms with Gasteiger partial charge < -0.3 is 16.4 Å². The number of allylic oxidation sites excluding steroid dienone is 1. The van der Waals surface area contributed by atoms with Crippen LogP contribution in [0.15, 0.2) is 53.7 Å². The topological polar surface area (TPSA) is 79.5 Å². The third-order valence-corrected chi connectivity index (χ3v) is 5.67. The van der Waals surface area contributed by atoms with Gasteiger partial charge in [0.1, 0.15) is 5.82 Å². The summed E-state index contributed by atoms with van der Waals surface area (Å²) < 4.78 is 14.5. The summed E-state index contributed by atoms with van der Waals surface area (Å²) in [5, 5.41) is 6.24. The molecule has 6 heteroatoms. The van der Waals surface area contributed by atoms with E-state index in [2.05, 4.69) is 15.6 Å². The van der Waals surface area contributed by atoms with E-state index in [0.29, 0.717) is 29.3 Å². The Morgan fingerprint density at radius 3 is 2.70 bits per heavy atom. The Morgan fingerprint density at radius 2 is 2.03 bits per heavy atom. The molecule has 1 amide bonds. The van der Waals surface area contributed by atoms with Crippen LogP contribution in [0.25, 0.3) is 5.57 Å². The SMILES string of the molecule is CNCc1ccccc1C(=O)NC1(c2cc(F)cc(/C(C=NC3CC3)=C/N)c2)CC1. The average Bonchev–Trinajstić information content (AvgIpc) is 3.65. The Bertz CT molecular complexity index is 1010. The third kappa shape index (κ3) is 4.44. The Balaban J connectivity index is 1.59. The fourth-order valence-corrected chi connectivity index (χ4v) is 3.64. The molecule has 0 radical (unpaired) electrons. The van der Waals surface area contributed by atoms with Crippen LogP contribution in [0.1, 0.15) is 52.7 Å². The quantitative estimate of drug-likeness (QED) is 0.587. The van der Waals surface area contributed by atoms with Gasteiger partial charge >= 0.3 is 0 Å². The molecule has 156 valence electrons. The molecule has 4 N–H and O–H groups in total. The number of hydrogen-bond donors (Lipinski definition) is 3. The smallest absolute Gasteiger partial charge is 0.252 e. The second-order valence-corrected chi connectivity index (χ2v) is 8.08. The summed E-state index contributed by atoms with van der Waals surface area (Å²) in [6.45, 7) is 0.603. The molecule has 0 spiro atoms. The van der Waals surface area contributed by atoms with Gasteiger partial charge in [0, 0.05) is 30.1 Å². The molecule has 0 unspecified atom stereocenters. The molecular formula is C24H27FN4O. The molecule has 0 heterocycles. The van der Waals surface area contributed by atoms with E-state index in [9.17, 15) is 9.18 Å². The first kappa shape index (κ1) is 20.3. The summed E-state index contributed by atoms with van der Waals surface area (Å²) in [5.41, 5.74) is 8.92. The molecule has 0 atom stereocenters. The van der Waals surface area contributed by atoms with E-state index in [1.54, 1.807) is 6.21 Å². The number of carbonyl (C=O) groups is 1. The van der Waals surface area contributed by atoms with Crippen LogP contribution < -0.4 is 16.4 Å². The van der Waals surface area contributed by atoms with Gasteiger partial charge in [0.05, 0.1) is 11.6 Å². The van der Waals surface area contributed by atoms with Crippen LogP contribution in [-0.2, 0) is 12.1 Å². The number of nitrogens with two attached hydrogens (primary N) is 1. The number of nitrogens with one attached hydrogen (secondary N) is 2. The lowest BCUT2D eigenvalue weighted by Crippen LogP contribution is -2.35. The summed E-state index contributed by atoms with van der Waals surface area (Å²) in [7, 11) is 1.85. The van der Waals surface area contributed by atoms with Crippen LogP contribution >= 0.6 is 0 Å². The van der Waals surface area contributed by atoms with Gasteiger partial charge in [0.2, 0.25) is 0 Å². The molecule has 0 aliphatic heterocycles. The summed E-state index contributed by atoms with van der Waals surface area (Å²) in [5.74, 6) is -0.494. The number of carbonyl (C=O) groups excluding carboxylic acids is 1. The van der Waals surface area contributed by atoms with Crippen LogP contribution in [0.3, 0.4) is 0 Å². The van der Waals surface area contributed by atoms with Crippen molar-refractivity contribution in [3.05, 3.63) is 76.7 Å². The molecule has 5 nitrogen and oxygen atoms in total. The maximum absolute atomic E-state index is 14.5. The number of aliphatic imine (C=N–C) groups is 1. The summed E-state index contributed by atoms with van der Waals surface area (Å²) in [6.07, 6.45) is 6.90. The zero-order valence-corrected chi connectivity index (χ0v) is 17.1. The van der Waals surface area contributed by atoms with Gasteiger partial charge in [-0.1, -0.05) is 18.2 Å². The van der Waals surface area contributed by atoms with Crippen molar-refractivity contribution in [2.45, 2.75) is 43.8 Å². The lowest BCUT2D eigenvalue weighted by atomic mass is 9.97. The lowest BCUT2D eigenvalue weighted by Gasteiger charge is -2.20. The van der Waals surface area contributed by atoms with E-state index < -0.39 is 5.54 Å². The number of amides is 1. The van der Waals surface area contributed by atoms with Gasteiger partial charge in [-0.25, -0.2) is 4.39 Å². The third-order valence-electron chi connectivity index (χ3n) is 5.67. The first-order valence-corrected chi connectivity index (χ1v) is 10.4. The van der Waals surface area contributed by atoms with E-state index in [1.165, 1.54) is 18.3 Å². The highest BCUT2D eigenvalue weighted by atomic mass is 19.1. The van der Waals surface area contributed by atoms with Crippen LogP contribution in [0, 0.1) is 5.82 Å². The number of halogens is 1. The number of hydrogen-bond acceptors (Lipinski definition) is 4. The molecule has 30 heavy (non-hydrogen) atoms. The van der Waals surface area contributed by atoms with Crippen LogP contribution in [0.5, 0.6) is 0 Å². The van der Waals surface area contributed by atoms with Gasteiger partial charge in [-0.15, -0.1) is 0 Å². The van der Waals surface area contributed by atoms with E-state index in [1.807, 2.05) is 37.4 Å². The normalized spacial score (nSPS) is 17.9. The van der Waals surface area contributed by atoms with Crippen LogP contribution in [-0.4, -0.2) is 25.2 Å². The van der Waals surface area contributed by atoms with Crippen molar-refractivity contribution in [3.8, 4) is 0 Å². The molecule has 4 rings (SSSR count). The highest BCUT2D eigenvalue weighted by Crippen LogP contribution is 2.46. The molecule has 2 aromatic carbocycles. The molecule has 2 saturated carbocycles. The second-order valence-electron chi connectivity index (χ2n) is 8.08. The van der Waals surface area contributed by atoms with Gasteiger partial charge in [0.25, 0.3) is 5.91 Å². The molecule has 0 bridgehead atoms. The monoisotopic (exact) mass is 406 g/mol. The Labute approximate surface area is 176 Å².